The monoisotopic (exact) mass is 210 g/mol. The number of nitroso groups, excluding NO2 is 1. The summed E-state index contributed by atoms with van der Waals surface area (Å²) in [6.07, 6.45) is 0. The van der Waals surface area contributed by atoms with E-state index >= 15 is 0 Å². The van der Waals surface area contributed by atoms with Crippen molar-refractivity contribution in [1.82, 2.24) is 0 Å². The van der Waals surface area contributed by atoms with Gasteiger partial charge in [-0.2, -0.15) is 4.91 Å². The normalized spacial score (nSPS) is 14.2. The molecule has 2 unspecified atom stereocenters. The molecule has 0 aromatic heterocycles. The summed E-state index contributed by atoms with van der Waals surface area (Å²) < 4.78 is 0. The number of benzene rings is 1. The van der Waals surface area contributed by atoms with Crippen LogP contribution in [0.2, 0.25) is 0 Å². The maximum absolute atomic E-state index is 10.6. The van der Waals surface area contributed by atoms with Gasteiger partial charge in [-0.3, -0.25) is 4.79 Å². The second-order valence-corrected chi connectivity index (χ2v) is 3.01. The van der Waals surface area contributed by atoms with Gasteiger partial charge in [0, 0.05) is 0 Å². The molecule has 0 fully saturated rings. The molecule has 4 N–H and O–H groups in total. The van der Waals surface area contributed by atoms with Gasteiger partial charge in [0.2, 0.25) is 0 Å². The highest BCUT2D eigenvalue weighted by molar-refractivity contribution is 5.74. The maximum atomic E-state index is 10.6. The third kappa shape index (κ3) is 2.50. The van der Waals surface area contributed by atoms with Gasteiger partial charge in [-0.05, 0) is 17.7 Å². The lowest BCUT2D eigenvalue weighted by molar-refractivity contribution is -0.139. The van der Waals surface area contributed by atoms with Crippen molar-refractivity contribution in [2.24, 2.45) is 10.9 Å². The Kier molecular flexibility index (Phi) is 3.35. The van der Waals surface area contributed by atoms with E-state index in [9.17, 15) is 9.70 Å². The summed E-state index contributed by atoms with van der Waals surface area (Å²) >= 11 is 0. The number of carbonyl (C=O) groups is 1. The number of hydrogen-bond acceptors (Lipinski definition) is 5. The minimum Gasteiger partial charge on any atom is -0.508 e. The highest BCUT2D eigenvalue weighted by Gasteiger charge is 2.26. The second-order valence-electron chi connectivity index (χ2n) is 3.01. The molecule has 0 aliphatic rings. The van der Waals surface area contributed by atoms with Gasteiger partial charge < -0.3 is 15.9 Å². The smallest absolute Gasteiger partial charge is 0.323 e. The molecule has 1 aromatic carbocycles. The molecule has 6 heteroatoms. The van der Waals surface area contributed by atoms with Gasteiger partial charge in [0.05, 0.1) is 0 Å². The fraction of sp³-hybridized carbons (Fsp3) is 0.222. The Morgan fingerprint density at radius 1 is 1.47 bits per heavy atom. The Morgan fingerprint density at radius 2 is 2.13 bits per heavy atom. The van der Waals surface area contributed by atoms with Crippen molar-refractivity contribution in [3.05, 3.63) is 34.7 Å². The summed E-state index contributed by atoms with van der Waals surface area (Å²) in [6, 6.07) is 3.01. The standard InChI is InChI=1S/C9H10N2O4/c10-7(9(13)14)8(11-15)5-2-1-3-6(12)4-5/h1-4,7-8,12H,10H2,(H,13,14). The first-order valence-electron chi connectivity index (χ1n) is 4.16. The number of nitrogens with zero attached hydrogens (tertiary/aromatic N) is 1. The van der Waals surface area contributed by atoms with E-state index in [-0.39, 0.29) is 11.3 Å². The summed E-state index contributed by atoms with van der Waals surface area (Å²) in [5.74, 6) is -1.39. The Morgan fingerprint density at radius 3 is 2.60 bits per heavy atom. The lowest BCUT2D eigenvalue weighted by atomic mass is 10.0. The van der Waals surface area contributed by atoms with Gasteiger partial charge >= 0.3 is 5.97 Å². The SMILES string of the molecule is NC(C(=O)O)C(N=O)c1cccc(O)c1. The van der Waals surface area contributed by atoms with Crippen molar-refractivity contribution in [3.63, 3.8) is 0 Å². The van der Waals surface area contributed by atoms with Crippen molar-refractivity contribution in [2.75, 3.05) is 0 Å². The van der Waals surface area contributed by atoms with Crippen LogP contribution in [0.3, 0.4) is 0 Å². The molecule has 0 aliphatic heterocycles. The van der Waals surface area contributed by atoms with Crippen molar-refractivity contribution >= 4 is 5.97 Å². The number of hydrogen-bond donors (Lipinski definition) is 3. The van der Waals surface area contributed by atoms with Crippen LogP contribution in [0.4, 0.5) is 0 Å². The number of phenols is 1. The first kappa shape index (κ1) is 11.1. The maximum Gasteiger partial charge on any atom is 0.323 e. The Bertz CT molecular complexity index is 380. The first-order valence-corrected chi connectivity index (χ1v) is 4.16. The number of nitrogens with two attached hydrogens (primary N) is 1. The molecule has 0 amide bonds. The minimum atomic E-state index is -1.41. The highest BCUT2D eigenvalue weighted by atomic mass is 16.4. The molecule has 15 heavy (non-hydrogen) atoms. The van der Waals surface area contributed by atoms with Crippen LogP contribution in [0.15, 0.2) is 29.4 Å². The second kappa shape index (κ2) is 4.52. The van der Waals surface area contributed by atoms with E-state index in [4.69, 9.17) is 15.9 Å². The number of carboxylic acid groups (broad SMARTS) is 1. The van der Waals surface area contributed by atoms with Crippen LogP contribution in [0, 0.1) is 4.91 Å². The molecule has 0 saturated carbocycles. The van der Waals surface area contributed by atoms with Crippen molar-refractivity contribution in [1.29, 1.82) is 0 Å². The average molecular weight is 210 g/mol. The first-order chi connectivity index (χ1) is 7.06. The average Bonchev–Trinajstić information content (AvgIpc) is 2.18. The van der Waals surface area contributed by atoms with Crippen LogP contribution in [0.5, 0.6) is 5.75 Å². The van der Waals surface area contributed by atoms with Gasteiger partial charge in [0.15, 0.2) is 0 Å². The van der Waals surface area contributed by atoms with Crippen LogP contribution in [-0.4, -0.2) is 22.2 Å². The van der Waals surface area contributed by atoms with Gasteiger partial charge in [0.1, 0.15) is 17.8 Å². The molecular weight excluding hydrogens is 200 g/mol. The van der Waals surface area contributed by atoms with E-state index in [1.165, 1.54) is 24.3 Å². The van der Waals surface area contributed by atoms with Crippen LogP contribution in [0.1, 0.15) is 11.6 Å². The van der Waals surface area contributed by atoms with E-state index in [1.54, 1.807) is 0 Å². The van der Waals surface area contributed by atoms with Gasteiger partial charge in [-0.25, -0.2) is 0 Å². The van der Waals surface area contributed by atoms with E-state index in [1.807, 2.05) is 0 Å². The zero-order chi connectivity index (χ0) is 11.4. The van der Waals surface area contributed by atoms with E-state index in [0.717, 1.165) is 0 Å². The molecule has 0 bridgehead atoms. The molecule has 0 radical (unpaired) electrons. The van der Waals surface area contributed by atoms with Crippen molar-refractivity contribution in [3.8, 4) is 5.75 Å². The summed E-state index contributed by atoms with van der Waals surface area (Å²) in [7, 11) is 0. The third-order valence-corrected chi connectivity index (χ3v) is 1.95. The van der Waals surface area contributed by atoms with E-state index < -0.39 is 18.1 Å². The van der Waals surface area contributed by atoms with Gasteiger partial charge in [-0.1, -0.05) is 17.3 Å². The fourth-order valence-corrected chi connectivity index (χ4v) is 1.18. The summed E-state index contributed by atoms with van der Waals surface area (Å²) in [5.41, 5.74) is 5.56. The molecule has 0 spiro atoms. The van der Waals surface area contributed by atoms with Crippen LogP contribution in [-0.2, 0) is 4.79 Å². The van der Waals surface area contributed by atoms with E-state index in [0.29, 0.717) is 0 Å². The Hall–Kier alpha value is -1.95. The zero-order valence-electron chi connectivity index (χ0n) is 7.70. The summed E-state index contributed by atoms with van der Waals surface area (Å²) in [4.78, 5) is 21.1. The third-order valence-electron chi connectivity index (χ3n) is 1.95. The number of aromatic hydroxyl groups is 1. The fourth-order valence-electron chi connectivity index (χ4n) is 1.18. The Labute approximate surface area is 85.3 Å². The molecule has 2 atom stereocenters. The predicted octanol–water partition coefficient (Wildman–Crippen LogP) is 0.612. The molecule has 1 aromatic rings. The minimum absolute atomic E-state index is 0.0706. The molecule has 1 rings (SSSR count). The molecule has 0 aliphatic carbocycles. The lowest BCUT2D eigenvalue weighted by Gasteiger charge is -2.13. The lowest BCUT2D eigenvalue weighted by Crippen LogP contribution is -2.35. The number of phenolic OH excluding ortho intramolecular Hbond substituents is 1. The summed E-state index contributed by atoms with van der Waals surface area (Å²) in [6.45, 7) is 0. The van der Waals surface area contributed by atoms with Gasteiger partial charge in [0.25, 0.3) is 0 Å². The summed E-state index contributed by atoms with van der Waals surface area (Å²) in [5, 5.41) is 20.4. The highest BCUT2D eigenvalue weighted by Crippen LogP contribution is 2.23. The number of rotatable bonds is 4. The van der Waals surface area contributed by atoms with Crippen LogP contribution < -0.4 is 5.73 Å². The number of carboxylic acids is 1. The van der Waals surface area contributed by atoms with Crippen molar-refractivity contribution < 1.29 is 15.0 Å². The molecular formula is C9H10N2O4. The molecule has 0 heterocycles. The largest absolute Gasteiger partial charge is 0.508 e. The van der Waals surface area contributed by atoms with Crippen molar-refractivity contribution in [2.45, 2.75) is 12.1 Å². The Balaban J connectivity index is 3.02. The molecule has 80 valence electrons. The topological polar surface area (TPSA) is 113 Å². The van der Waals surface area contributed by atoms with Gasteiger partial charge in [-0.15, -0.1) is 0 Å². The van der Waals surface area contributed by atoms with Crippen LogP contribution in [0.25, 0.3) is 0 Å². The van der Waals surface area contributed by atoms with E-state index in [2.05, 4.69) is 5.18 Å². The quantitative estimate of drug-likeness (QED) is 0.630. The van der Waals surface area contributed by atoms with Crippen LogP contribution >= 0.6 is 0 Å². The molecule has 6 nitrogen and oxygen atoms in total. The zero-order valence-corrected chi connectivity index (χ0v) is 7.70. The predicted molar refractivity (Wildman–Crippen MR) is 52.3 cm³/mol. The molecule has 0 saturated heterocycles. The number of aliphatic carboxylic acids is 1.